The first-order valence-electron chi connectivity index (χ1n) is 8.94. The first-order chi connectivity index (χ1) is 13.5. The zero-order valence-electron chi connectivity index (χ0n) is 15.6. The number of hydrogen-bond acceptors (Lipinski definition) is 4. The lowest BCUT2D eigenvalue weighted by Gasteiger charge is -2.22. The maximum atomic E-state index is 13.1. The van der Waals surface area contributed by atoms with Crippen LogP contribution in [0.5, 0.6) is 11.6 Å². The van der Waals surface area contributed by atoms with Crippen molar-refractivity contribution in [1.82, 2.24) is 4.98 Å². The second-order valence-electron chi connectivity index (χ2n) is 6.63. The van der Waals surface area contributed by atoms with Crippen LogP contribution >= 0.6 is 0 Å². The summed E-state index contributed by atoms with van der Waals surface area (Å²) in [6.07, 6.45) is 1.57. The Morgan fingerprint density at radius 2 is 1.79 bits per heavy atom. The maximum Gasteiger partial charge on any atom is 0.264 e. The highest BCUT2D eigenvalue weighted by Gasteiger charge is 2.30. The molecule has 0 spiro atoms. The van der Waals surface area contributed by atoms with Crippen molar-refractivity contribution >= 4 is 23.2 Å². The van der Waals surface area contributed by atoms with Crippen molar-refractivity contribution in [3.63, 3.8) is 0 Å². The van der Waals surface area contributed by atoms with E-state index in [1.807, 2.05) is 38.1 Å². The number of carbonyl (C=O) groups is 2. The molecule has 0 saturated heterocycles. The Hall–Kier alpha value is -3.67. The van der Waals surface area contributed by atoms with Crippen molar-refractivity contribution in [1.29, 1.82) is 0 Å². The fourth-order valence-electron chi connectivity index (χ4n) is 3.25. The number of carbonyl (C=O) groups excluding carboxylic acids is 2. The van der Waals surface area contributed by atoms with Crippen LogP contribution in [-0.2, 0) is 4.79 Å². The van der Waals surface area contributed by atoms with Gasteiger partial charge in [-0.3, -0.25) is 14.5 Å². The van der Waals surface area contributed by atoms with E-state index in [0.29, 0.717) is 17.0 Å². The molecule has 6 heteroatoms. The van der Waals surface area contributed by atoms with E-state index in [1.54, 1.807) is 36.5 Å². The van der Waals surface area contributed by atoms with Crippen LogP contribution in [0.25, 0.3) is 0 Å². The minimum absolute atomic E-state index is 0.138. The Labute approximate surface area is 162 Å². The Morgan fingerprint density at radius 3 is 2.57 bits per heavy atom. The summed E-state index contributed by atoms with van der Waals surface area (Å²) in [5.74, 6) is 0.100. The second kappa shape index (κ2) is 7.15. The van der Waals surface area contributed by atoms with Crippen LogP contribution in [0.2, 0.25) is 0 Å². The van der Waals surface area contributed by atoms with Crippen molar-refractivity contribution in [3.05, 3.63) is 77.5 Å². The van der Waals surface area contributed by atoms with Gasteiger partial charge in [0.1, 0.15) is 12.1 Å². The van der Waals surface area contributed by atoms with E-state index >= 15 is 0 Å². The van der Waals surface area contributed by atoms with Crippen molar-refractivity contribution in [3.8, 4) is 11.6 Å². The van der Waals surface area contributed by atoms with Gasteiger partial charge in [0.15, 0.2) is 5.75 Å². The summed E-state index contributed by atoms with van der Waals surface area (Å²) < 4.78 is 5.84. The van der Waals surface area contributed by atoms with Crippen LogP contribution in [-0.4, -0.2) is 23.3 Å². The van der Waals surface area contributed by atoms with Gasteiger partial charge in [-0.1, -0.05) is 30.3 Å². The predicted octanol–water partition coefficient (Wildman–Crippen LogP) is 4.09. The number of benzene rings is 2. The summed E-state index contributed by atoms with van der Waals surface area (Å²) in [5, 5.41) is 2.93. The Morgan fingerprint density at radius 1 is 1.04 bits per heavy atom. The standard InChI is InChI=1S/C22H19N3O3/c1-14-7-5-8-15(2)20(14)24-19(26)13-25-17-10-3-4-11-18(17)28-21-16(22(25)27)9-6-12-23-21/h3-12H,13H2,1-2H3,(H,24,26). The molecule has 0 radical (unpaired) electrons. The van der Waals surface area contributed by atoms with E-state index in [2.05, 4.69) is 10.3 Å². The number of anilines is 2. The quantitative estimate of drug-likeness (QED) is 0.751. The lowest BCUT2D eigenvalue weighted by atomic mass is 10.1. The SMILES string of the molecule is Cc1cccc(C)c1NC(=O)CN1C(=O)c2cccnc2Oc2ccccc21. The third-order valence-electron chi connectivity index (χ3n) is 4.66. The topological polar surface area (TPSA) is 71.5 Å². The Balaban J connectivity index is 1.68. The van der Waals surface area contributed by atoms with Crippen molar-refractivity contribution in [2.24, 2.45) is 0 Å². The van der Waals surface area contributed by atoms with Gasteiger partial charge in [0.25, 0.3) is 5.91 Å². The lowest BCUT2D eigenvalue weighted by molar-refractivity contribution is -0.114. The van der Waals surface area contributed by atoms with Crippen molar-refractivity contribution in [2.75, 3.05) is 16.8 Å². The van der Waals surface area contributed by atoms with Crippen LogP contribution in [0.3, 0.4) is 0 Å². The average Bonchev–Trinajstić information content (AvgIpc) is 2.80. The summed E-state index contributed by atoms with van der Waals surface area (Å²) in [7, 11) is 0. The van der Waals surface area contributed by atoms with Gasteiger partial charge >= 0.3 is 0 Å². The highest BCUT2D eigenvalue weighted by Crippen LogP contribution is 2.37. The van der Waals surface area contributed by atoms with Crippen LogP contribution in [0.1, 0.15) is 21.5 Å². The molecule has 2 heterocycles. The third-order valence-corrected chi connectivity index (χ3v) is 4.66. The molecule has 0 saturated carbocycles. The highest BCUT2D eigenvalue weighted by molar-refractivity contribution is 6.12. The molecule has 1 aliphatic heterocycles. The number of nitrogens with zero attached hydrogens (tertiary/aromatic N) is 2. The van der Waals surface area contributed by atoms with E-state index in [9.17, 15) is 9.59 Å². The fourth-order valence-corrected chi connectivity index (χ4v) is 3.25. The molecule has 0 aliphatic carbocycles. The van der Waals surface area contributed by atoms with E-state index in [0.717, 1.165) is 16.8 Å². The van der Waals surface area contributed by atoms with Gasteiger partial charge in [0, 0.05) is 11.9 Å². The average molecular weight is 373 g/mol. The number of hydrogen-bond donors (Lipinski definition) is 1. The summed E-state index contributed by atoms with van der Waals surface area (Å²) in [6, 6.07) is 16.2. The number of pyridine rings is 1. The molecule has 6 nitrogen and oxygen atoms in total. The molecule has 1 N–H and O–H groups in total. The fraction of sp³-hybridized carbons (Fsp3) is 0.136. The summed E-state index contributed by atoms with van der Waals surface area (Å²) in [6.45, 7) is 3.73. The predicted molar refractivity (Wildman–Crippen MR) is 107 cm³/mol. The zero-order valence-corrected chi connectivity index (χ0v) is 15.6. The molecule has 2 aromatic carbocycles. The highest BCUT2D eigenvalue weighted by atomic mass is 16.5. The number of para-hydroxylation sites is 3. The smallest absolute Gasteiger partial charge is 0.264 e. The number of aromatic nitrogens is 1. The van der Waals surface area contributed by atoms with E-state index in [-0.39, 0.29) is 24.2 Å². The Bertz CT molecular complexity index is 1060. The largest absolute Gasteiger partial charge is 0.436 e. The van der Waals surface area contributed by atoms with Gasteiger partial charge in [-0.25, -0.2) is 4.98 Å². The second-order valence-corrected chi connectivity index (χ2v) is 6.63. The minimum atomic E-state index is -0.329. The normalized spacial score (nSPS) is 12.5. The first-order valence-corrected chi connectivity index (χ1v) is 8.94. The summed E-state index contributed by atoms with van der Waals surface area (Å²) in [5.41, 5.74) is 3.55. The van der Waals surface area contributed by atoms with Gasteiger partial charge in [0.05, 0.1) is 5.69 Å². The van der Waals surface area contributed by atoms with E-state index < -0.39 is 0 Å². The molecular formula is C22H19N3O3. The third kappa shape index (κ3) is 3.20. The van der Waals surface area contributed by atoms with Crippen LogP contribution < -0.4 is 15.0 Å². The number of rotatable bonds is 3. The molecule has 0 bridgehead atoms. The van der Waals surface area contributed by atoms with Crippen LogP contribution in [0, 0.1) is 13.8 Å². The van der Waals surface area contributed by atoms with E-state index in [1.165, 1.54) is 4.90 Å². The molecule has 28 heavy (non-hydrogen) atoms. The van der Waals surface area contributed by atoms with E-state index in [4.69, 9.17) is 4.74 Å². The molecule has 1 aromatic heterocycles. The minimum Gasteiger partial charge on any atom is -0.436 e. The number of amides is 2. The number of ether oxygens (including phenoxy) is 1. The monoisotopic (exact) mass is 373 g/mol. The van der Waals surface area contributed by atoms with Crippen molar-refractivity contribution < 1.29 is 14.3 Å². The molecule has 2 amide bonds. The van der Waals surface area contributed by atoms with Crippen LogP contribution in [0.15, 0.2) is 60.8 Å². The van der Waals surface area contributed by atoms with Gasteiger partial charge in [0.2, 0.25) is 11.8 Å². The zero-order chi connectivity index (χ0) is 19.7. The molecule has 140 valence electrons. The van der Waals surface area contributed by atoms with Gasteiger partial charge in [-0.15, -0.1) is 0 Å². The van der Waals surface area contributed by atoms with Gasteiger partial charge in [-0.2, -0.15) is 0 Å². The Kier molecular flexibility index (Phi) is 4.53. The molecule has 0 unspecified atom stereocenters. The number of nitrogens with one attached hydrogen (secondary N) is 1. The number of aryl methyl sites for hydroxylation is 2. The maximum absolute atomic E-state index is 13.1. The molecule has 1 aliphatic rings. The molecule has 0 atom stereocenters. The molecule has 0 fully saturated rings. The van der Waals surface area contributed by atoms with Gasteiger partial charge in [-0.05, 0) is 49.2 Å². The number of fused-ring (bicyclic) bond motifs is 2. The first kappa shape index (κ1) is 17.7. The van der Waals surface area contributed by atoms with Gasteiger partial charge < -0.3 is 10.1 Å². The molecular weight excluding hydrogens is 354 g/mol. The summed E-state index contributed by atoms with van der Waals surface area (Å²) >= 11 is 0. The lowest BCUT2D eigenvalue weighted by Crippen LogP contribution is -2.38. The molecule has 3 aromatic rings. The van der Waals surface area contributed by atoms with Crippen molar-refractivity contribution in [2.45, 2.75) is 13.8 Å². The van der Waals surface area contributed by atoms with Crippen LogP contribution in [0.4, 0.5) is 11.4 Å². The summed E-state index contributed by atoms with van der Waals surface area (Å²) in [4.78, 5) is 31.5. The molecule has 4 rings (SSSR count).